The average molecular weight is 186 g/mol. The maximum atomic E-state index is 2.41. The molecular formula is C14H18. The van der Waals surface area contributed by atoms with Crippen LogP contribution in [0.1, 0.15) is 37.3 Å². The van der Waals surface area contributed by atoms with Gasteiger partial charge < -0.3 is 0 Å². The third kappa shape index (κ3) is 2.06. The largest absolute Gasteiger partial charge is 0.0807 e. The highest BCUT2D eigenvalue weighted by Crippen LogP contribution is 2.30. The predicted octanol–water partition coefficient (Wildman–Crippen LogP) is 4.20. The van der Waals surface area contributed by atoms with Crippen LogP contribution in [0.25, 0.3) is 5.57 Å². The summed E-state index contributed by atoms with van der Waals surface area (Å²) in [6, 6.07) is 8.91. The quantitative estimate of drug-likeness (QED) is 0.616. The van der Waals surface area contributed by atoms with Crippen molar-refractivity contribution >= 4 is 5.57 Å². The Labute approximate surface area is 86.7 Å². The minimum absolute atomic E-state index is 0.858. The minimum Gasteiger partial charge on any atom is -0.0807 e. The molecule has 0 saturated carbocycles. The van der Waals surface area contributed by atoms with Gasteiger partial charge in [-0.3, -0.25) is 0 Å². The maximum Gasteiger partial charge on any atom is -0.0227 e. The SMILES string of the molecule is Cc1ccc(C2=CCCC(C)C2)cc1. The molecule has 0 aliphatic heterocycles. The summed E-state index contributed by atoms with van der Waals surface area (Å²) in [6.07, 6.45) is 6.27. The lowest BCUT2D eigenvalue weighted by Crippen LogP contribution is -2.01. The average Bonchev–Trinajstić information content (AvgIpc) is 2.19. The van der Waals surface area contributed by atoms with Gasteiger partial charge in [0, 0.05) is 0 Å². The molecule has 0 heteroatoms. The molecule has 1 unspecified atom stereocenters. The monoisotopic (exact) mass is 186 g/mol. The molecule has 1 aliphatic carbocycles. The van der Waals surface area contributed by atoms with E-state index < -0.39 is 0 Å². The van der Waals surface area contributed by atoms with Gasteiger partial charge in [-0.2, -0.15) is 0 Å². The smallest absolute Gasteiger partial charge is 0.0227 e. The summed E-state index contributed by atoms with van der Waals surface area (Å²) >= 11 is 0. The molecule has 0 saturated heterocycles. The molecule has 2 rings (SSSR count). The number of hydrogen-bond donors (Lipinski definition) is 0. The molecule has 0 aromatic heterocycles. The molecule has 0 fully saturated rings. The minimum atomic E-state index is 0.858. The molecular weight excluding hydrogens is 168 g/mol. The van der Waals surface area contributed by atoms with Gasteiger partial charge in [-0.05, 0) is 43.2 Å². The van der Waals surface area contributed by atoms with Gasteiger partial charge in [-0.15, -0.1) is 0 Å². The third-order valence-corrected chi connectivity index (χ3v) is 3.04. The van der Waals surface area contributed by atoms with Crippen LogP contribution >= 0.6 is 0 Å². The molecule has 0 bridgehead atoms. The molecule has 0 N–H and O–H groups in total. The lowest BCUT2D eigenvalue weighted by molar-refractivity contribution is 0.536. The van der Waals surface area contributed by atoms with Crippen molar-refractivity contribution in [3.8, 4) is 0 Å². The molecule has 14 heavy (non-hydrogen) atoms. The van der Waals surface area contributed by atoms with Crippen LogP contribution in [0, 0.1) is 12.8 Å². The first-order chi connectivity index (χ1) is 6.75. The Kier molecular flexibility index (Phi) is 2.72. The zero-order chi connectivity index (χ0) is 9.97. The van der Waals surface area contributed by atoms with Gasteiger partial charge in [0.05, 0.1) is 0 Å². The second-order valence-electron chi connectivity index (χ2n) is 4.48. The van der Waals surface area contributed by atoms with Gasteiger partial charge in [-0.1, -0.05) is 42.8 Å². The van der Waals surface area contributed by atoms with Gasteiger partial charge in [0.25, 0.3) is 0 Å². The first-order valence-electron chi connectivity index (χ1n) is 5.52. The van der Waals surface area contributed by atoms with Crippen molar-refractivity contribution in [3.63, 3.8) is 0 Å². The summed E-state index contributed by atoms with van der Waals surface area (Å²) in [5, 5.41) is 0. The Hall–Kier alpha value is -1.04. The van der Waals surface area contributed by atoms with E-state index in [2.05, 4.69) is 44.2 Å². The van der Waals surface area contributed by atoms with Crippen LogP contribution in [-0.2, 0) is 0 Å². The van der Waals surface area contributed by atoms with Crippen molar-refractivity contribution in [2.75, 3.05) is 0 Å². The van der Waals surface area contributed by atoms with Crippen molar-refractivity contribution in [2.45, 2.75) is 33.1 Å². The van der Waals surface area contributed by atoms with Gasteiger partial charge in [-0.25, -0.2) is 0 Å². The van der Waals surface area contributed by atoms with Crippen LogP contribution in [0.2, 0.25) is 0 Å². The summed E-state index contributed by atoms with van der Waals surface area (Å²) in [5.74, 6) is 0.858. The molecule has 74 valence electrons. The van der Waals surface area contributed by atoms with E-state index in [1.807, 2.05) is 0 Å². The Bertz CT molecular complexity index is 330. The van der Waals surface area contributed by atoms with Crippen LogP contribution in [0.15, 0.2) is 30.3 Å². The molecule has 0 radical (unpaired) electrons. The Morgan fingerprint density at radius 3 is 2.50 bits per heavy atom. The third-order valence-electron chi connectivity index (χ3n) is 3.04. The van der Waals surface area contributed by atoms with Crippen molar-refractivity contribution in [1.29, 1.82) is 0 Å². The van der Waals surface area contributed by atoms with Gasteiger partial charge in [0.15, 0.2) is 0 Å². The normalized spacial score (nSPS) is 21.9. The molecule has 1 aliphatic rings. The molecule has 0 heterocycles. The van der Waals surface area contributed by atoms with Crippen LogP contribution in [0.4, 0.5) is 0 Å². The molecule has 1 atom stereocenters. The van der Waals surface area contributed by atoms with Crippen molar-refractivity contribution in [3.05, 3.63) is 41.5 Å². The van der Waals surface area contributed by atoms with E-state index in [0.717, 1.165) is 5.92 Å². The number of rotatable bonds is 1. The van der Waals surface area contributed by atoms with Gasteiger partial charge in [0.1, 0.15) is 0 Å². The fourth-order valence-electron chi connectivity index (χ4n) is 2.11. The zero-order valence-corrected chi connectivity index (χ0v) is 9.09. The van der Waals surface area contributed by atoms with Gasteiger partial charge in [0.2, 0.25) is 0 Å². The highest BCUT2D eigenvalue weighted by Gasteiger charge is 2.11. The number of aryl methyl sites for hydroxylation is 1. The lowest BCUT2D eigenvalue weighted by Gasteiger charge is -2.19. The van der Waals surface area contributed by atoms with Crippen LogP contribution in [0.5, 0.6) is 0 Å². The van der Waals surface area contributed by atoms with Crippen LogP contribution in [-0.4, -0.2) is 0 Å². The summed E-state index contributed by atoms with van der Waals surface area (Å²) < 4.78 is 0. The Balaban J connectivity index is 2.22. The van der Waals surface area contributed by atoms with E-state index >= 15 is 0 Å². The van der Waals surface area contributed by atoms with E-state index in [9.17, 15) is 0 Å². The summed E-state index contributed by atoms with van der Waals surface area (Å²) in [7, 11) is 0. The summed E-state index contributed by atoms with van der Waals surface area (Å²) in [4.78, 5) is 0. The zero-order valence-electron chi connectivity index (χ0n) is 9.09. The first-order valence-corrected chi connectivity index (χ1v) is 5.52. The fraction of sp³-hybridized carbons (Fsp3) is 0.429. The number of allylic oxidation sites excluding steroid dienone is 2. The van der Waals surface area contributed by atoms with E-state index in [-0.39, 0.29) is 0 Å². The highest BCUT2D eigenvalue weighted by atomic mass is 14.2. The van der Waals surface area contributed by atoms with Crippen LogP contribution in [0.3, 0.4) is 0 Å². The Morgan fingerprint density at radius 2 is 1.86 bits per heavy atom. The molecule has 0 spiro atoms. The summed E-state index contributed by atoms with van der Waals surface area (Å²) in [5.41, 5.74) is 4.31. The van der Waals surface area contributed by atoms with Gasteiger partial charge >= 0.3 is 0 Å². The fourth-order valence-corrected chi connectivity index (χ4v) is 2.11. The van der Waals surface area contributed by atoms with Crippen molar-refractivity contribution < 1.29 is 0 Å². The summed E-state index contributed by atoms with van der Waals surface area (Å²) in [6.45, 7) is 4.49. The van der Waals surface area contributed by atoms with Crippen molar-refractivity contribution in [2.24, 2.45) is 5.92 Å². The second-order valence-corrected chi connectivity index (χ2v) is 4.48. The number of hydrogen-bond acceptors (Lipinski definition) is 0. The Morgan fingerprint density at radius 1 is 1.14 bits per heavy atom. The number of benzene rings is 1. The molecule has 0 nitrogen and oxygen atoms in total. The topological polar surface area (TPSA) is 0 Å². The standard InChI is InChI=1S/C14H18/c1-11-6-8-13(9-7-11)14-5-3-4-12(2)10-14/h5-9,12H,3-4,10H2,1-2H3. The predicted molar refractivity (Wildman–Crippen MR) is 62.2 cm³/mol. The second kappa shape index (κ2) is 4.00. The first kappa shape index (κ1) is 9.51. The molecule has 1 aromatic rings. The van der Waals surface area contributed by atoms with E-state index in [0.29, 0.717) is 0 Å². The van der Waals surface area contributed by atoms with E-state index in [4.69, 9.17) is 0 Å². The lowest BCUT2D eigenvalue weighted by atomic mass is 9.87. The van der Waals surface area contributed by atoms with E-state index in [1.165, 1.54) is 30.4 Å². The van der Waals surface area contributed by atoms with Crippen molar-refractivity contribution in [1.82, 2.24) is 0 Å². The van der Waals surface area contributed by atoms with Crippen LogP contribution < -0.4 is 0 Å². The highest BCUT2D eigenvalue weighted by molar-refractivity contribution is 5.66. The molecule has 1 aromatic carbocycles. The maximum absolute atomic E-state index is 2.41. The van der Waals surface area contributed by atoms with E-state index in [1.54, 1.807) is 5.57 Å². The molecule has 0 amide bonds.